The molecule has 0 bridgehead atoms. The number of benzene rings is 1. The second-order valence-corrected chi connectivity index (χ2v) is 9.27. The fraction of sp³-hybridized carbons (Fsp3) is 0.333. The molecule has 0 amide bonds. The predicted molar refractivity (Wildman–Crippen MR) is 118 cm³/mol. The van der Waals surface area contributed by atoms with Gasteiger partial charge in [-0.3, -0.25) is 4.79 Å². The number of ketones is 1. The fourth-order valence-electron chi connectivity index (χ4n) is 2.96. The van der Waals surface area contributed by atoms with E-state index in [0.717, 1.165) is 4.57 Å². The highest BCUT2D eigenvalue weighted by molar-refractivity contribution is 6.12. The molecule has 1 aromatic carbocycles. The van der Waals surface area contributed by atoms with Crippen molar-refractivity contribution in [3.63, 3.8) is 0 Å². The summed E-state index contributed by atoms with van der Waals surface area (Å²) in [5, 5.41) is 0.494. The Morgan fingerprint density at radius 3 is 2.24 bits per heavy atom. The lowest BCUT2D eigenvalue weighted by molar-refractivity contribution is 0.0197. The van der Waals surface area contributed by atoms with Crippen LogP contribution in [0.4, 0.5) is 14.0 Å². The predicted octanol–water partition coefficient (Wildman–Crippen LogP) is 5.50. The number of hydrogen-bond acceptors (Lipinski definition) is 7. The summed E-state index contributed by atoms with van der Waals surface area (Å²) >= 11 is 0. The fourth-order valence-corrected chi connectivity index (χ4v) is 2.96. The van der Waals surface area contributed by atoms with Crippen LogP contribution in [0.2, 0.25) is 0 Å². The molecular weight excluding hydrogens is 431 g/mol. The van der Waals surface area contributed by atoms with Crippen LogP contribution in [-0.4, -0.2) is 38.8 Å². The smallest absolute Gasteiger partial charge is 0.443 e. The number of carbonyl (C=O) groups excluding carboxylic acids is 3. The van der Waals surface area contributed by atoms with Gasteiger partial charge in [0.2, 0.25) is 5.78 Å². The van der Waals surface area contributed by atoms with Gasteiger partial charge in [0.1, 0.15) is 22.5 Å². The highest BCUT2D eigenvalue weighted by atomic mass is 19.1. The Kier molecular flexibility index (Phi) is 6.26. The van der Waals surface area contributed by atoms with Crippen LogP contribution >= 0.6 is 0 Å². The van der Waals surface area contributed by atoms with Crippen LogP contribution < -0.4 is 4.74 Å². The van der Waals surface area contributed by atoms with Gasteiger partial charge in [-0.25, -0.2) is 23.5 Å². The van der Waals surface area contributed by atoms with Gasteiger partial charge in [0.25, 0.3) is 0 Å². The van der Waals surface area contributed by atoms with Crippen molar-refractivity contribution in [2.24, 2.45) is 0 Å². The third-order valence-corrected chi connectivity index (χ3v) is 4.16. The van der Waals surface area contributed by atoms with Gasteiger partial charge in [-0.1, -0.05) is 6.07 Å². The Balaban J connectivity index is 2.04. The molecule has 2 heterocycles. The van der Waals surface area contributed by atoms with Crippen LogP contribution in [-0.2, 0) is 9.47 Å². The van der Waals surface area contributed by atoms with E-state index in [2.05, 4.69) is 4.98 Å². The summed E-state index contributed by atoms with van der Waals surface area (Å²) < 4.78 is 31.6. The van der Waals surface area contributed by atoms with E-state index in [-0.39, 0.29) is 11.3 Å². The number of carbonyl (C=O) groups is 3. The van der Waals surface area contributed by atoms with Crippen molar-refractivity contribution in [2.75, 3.05) is 0 Å². The zero-order valence-corrected chi connectivity index (χ0v) is 19.3. The van der Waals surface area contributed by atoms with Gasteiger partial charge >= 0.3 is 12.2 Å². The largest absolute Gasteiger partial charge is 0.514 e. The van der Waals surface area contributed by atoms with E-state index in [9.17, 15) is 14.4 Å². The lowest BCUT2D eigenvalue weighted by Gasteiger charge is -2.20. The normalized spacial score (nSPS) is 11.8. The highest BCUT2D eigenvalue weighted by Gasteiger charge is 2.29. The number of hydrogen-bond donors (Lipinski definition) is 0. The number of nitrogens with zero attached hydrogens (tertiary/aromatic N) is 2. The molecule has 0 saturated heterocycles. The molecule has 2 aromatic heterocycles. The molecule has 0 N–H and O–H groups in total. The van der Waals surface area contributed by atoms with E-state index in [1.165, 1.54) is 30.5 Å². The van der Waals surface area contributed by atoms with Crippen molar-refractivity contribution in [3.8, 4) is 5.75 Å². The molecule has 3 rings (SSSR count). The minimum absolute atomic E-state index is 0.147. The first kappa shape index (κ1) is 23.9. The lowest BCUT2D eigenvalue weighted by atomic mass is 10.1. The summed E-state index contributed by atoms with van der Waals surface area (Å²) in [6.45, 7) is 9.95. The topological polar surface area (TPSA) is 96.7 Å². The molecule has 9 heteroatoms. The lowest BCUT2D eigenvalue weighted by Crippen LogP contribution is -2.29. The van der Waals surface area contributed by atoms with E-state index in [4.69, 9.17) is 14.2 Å². The van der Waals surface area contributed by atoms with Gasteiger partial charge in [-0.05, 0) is 71.9 Å². The summed E-state index contributed by atoms with van der Waals surface area (Å²) in [6.07, 6.45) is -0.480. The van der Waals surface area contributed by atoms with Crippen LogP contribution in [0.25, 0.3) is 11.0 Å². The molecule has 3 aromatic rings. The average Bonchev–Trinajstić information content (AvgIpc) is 3.06. The standard InChI is InChI=1S/C24H25FN2O6/c1-23(2,3)32-21(29)27-16(13-14-9-8-12-26-20(14)27)19(28)15-10-7-11-17(18(15)25)31-22(30)33-24(4,5)6/h7-13H,1-6H3. The van der Waals surface area contributed by atoms with Crippen LogP contribution in [0.1, 0.15) is 57.6 Å². The van der Waals surface area contributed by atoms with Crippen LogP contribution in [0.15, 0.2) is 42.6 Å². The first-order valence-electron chi connectivity index (χ1n) is 10.2. The monoisotopic (exact) mass is 456 g/mol. The zero-order valence-electron chi connectivity index (χ0n) is 19.3. The van der Waals surface area contributed by atoms with Gasteiger partial charge in [0.05, 0.1) is 5.56 Å². The second-order valence-electron chi connectivity index (χ2n) is 9.27. The van der Waals surface area contributed by atoms with E-state index in [1.54, 1.807) is 53.7 Å². The van der Waals surface area contributed by atoms with Gasteiger partial charge in [-0.15, -0.1) is 0 Å². The SMILES string of the molecule is CC(C)(C)OC(=O)Oc1cccc(C(=O)c2cc3cccnc3n2C(=O)OC(C)(C)C)c1F. The van der Waals surface area contributed by atoms with Gasteiger partial charge < -0.3 is 14.2 Å². The van der Waals surface area contributed by atoms with Crippen molar-refractivity contribution in [1.82, 2.24) is 9.55 Å². The average molecular weight is 456 g/mol. The highest BCUT2D eigenvalue weighted by Crippen LogP contribution is 2.27. The van der Waals surface area contributed by atoms with E-state index in [0.29, 0.717) is 5.39 Å². The quantitative estimate of drug-likeness (QED) is 0.291. The maximum Gasteiger partial charge on any atom is 0.514 e. The summed E-state index contributed by atoms with van der Waals surface area (Å²) in [7, 11) is 0. The maximum atomic E-state index is 15.2. The number of halogens is 1. The molecule has 0 fully saturated rings. The van der Waals surface area contributed by atoms with E-state index < -0.39 is 46.4 Å². The zero-order chi connectivity index (χ0) is 24.6. The van der Waals surface area contributed by atoms with Crippen molar-refractivity contribution in [2.45, 2.75) is 52.7 Å². The molecule has 8 nitrogen and oxygen atoms in total. The van der Waals surface area contributed by atoms with Gasteiger partial charge in [-0.2, -0.15) is 0 Å². The molecule has 174 valence electrons. The molecule has 0 aliphatic carbocycles. The number of fused-ring (bicyclic) bond motifs is 1. The summed E-state index contributed by atoms with van der Waals surface area (Å²) in [5.41, 5.74) is -2.04. The van der Waals surface area contributed by atoms with Gasteiger partial charge in [0, 0.05) is 11.6 Å². The van der Waals surface area contributed by atoms with Crippen molar-refractivity contribution >= 4 is 29.1 Å². The number of aromatic nitrogens is 2. The van der Waals surface area contributed by atoms with E-state index >= 15 is 4.39 Å². The second kappa shape index (κ2) is 8.65. The number of rotatable bonds is 3. The van der Waals surface area contributed by atoms with Crippen LogP contribution in [0.5, 0.6) is 5.75 Å². The maximum absolute atomic E-state index is 15.2. The Morgan fingerprint density at radius 2 is 1.61 bits per heavy atom. The van der Waals surface area contributed by atoms with Gasteiger partial charge in [0.15, 0.2) is 11.6 Å². The minimum Gasteiger partial charge on any atom is -0.443 e. The van der Waals surface area contributed by atoms with Crippen LogP contribution in [0, 0.1) is 5.82 Å². The Bertz CT molecular complexity index is 1230. The molecule has 33 heavy (non-hydrogen) atoms. The summed E-state index contributed by atoms with van der Waals surface area (Å²) in [4.78, 5) is 42.3. The molecule has 0 atom stereocenters. The van der Waals surface area contributed by atoms with Crippen LogP contribution in [0.3, 0.4) is 0 Å². The summed E-state index contributed by atoms with van der Waals surface area (Å²) in [6, 6.07) is 8.51. The summed E-state index contributed by atoms with van der Waals surface area (Å²) in [5.74, 6) is -2.36. The Morgan fingerprint density at radius 1 is 0.939 bits per heavy atom. The molecule has 0 radical (unpaired) electrons. The molecule has 0 spiro atoms. The van der Waals surface area contributed by atoms with Crippen molar-refractivity contribution in [3.05, 3.63) is 59.7 Å². The Hall–Kier alpha value is -3.75. The van der Waals surface area contributed by atoms with Crippen molar-refractivity contribution in [1.29, 1.82) is 0 Å². The molecule has 0 aliphatic heterocycles. The molecular formula is C24H25FN2O6. The first-order chi connectivity index (χ1) is 15.3. The van der Waals surface area contributed by atoms with Crippen molar-refractivity contribution < 1.29 is 33.0 Å². The first-order valence-corrected chi connectivity index (χ1v) is 10.2. The minimum atomic E-state index is -1.11. The number of ether oxygens (including phenoxy) is 3. The third-order valence-electron chi connectivity index (χ3n) is 4.16. The molecule has 0 unspecified atom stereocenters. The number of pyridine rings is 1. The third kappa shape index (κ3) is 5.54. The van der Waals surface area contributed by atoms with E-state index in [1.807, 2.05) is 0 Å². The molecule has 0 saturated carbocycles. The Labute approximate surface area is 190 Å². The molecule has 0 aliphatic rings.